The second-order valence-electron chi connectivity index (χ2n) is 4.15. The molecule has 0 radical (unpaired) electrons. The molecular weight excluding hydrogens is 268 g/mol. The van der Waals surface area contributed by atoms with Crippen molar-refractivity contribution in [1.82, 2.24) is 9.97 Å². The molecule has 0 N–H and O–H groups in total. The Morgan fingerprint density at radius 3 is 2.40 bits per heavy atom. The van der Waals surface area contributed by atoms with Crippen molar-refractivity contribution in [2.75, 3.05) is 6.26 Å². The number of hydrogen-bond donors (Lipinski definition) is 0. The second-order valence-corrected chi connectivity index (χ2v) is 5.42. The Kier molecular flexibility index (Phi) is 6.52. The summed E-state index contributed by atoms with van der Waals surface area (Å²) in [7, 11) is -1.15. The van der Waals surface area contributed by atoms with Crippen molar-refractivity contribution in [3.8, 4) is 11.3 Å². The number of benzene rings is 1. The highest BCUT2D eigenvalue weighted by molar-refractivity contribution is 7.84. The van der Waals surface area contributed by atoms with Crippen LogP contribution in [0.15, 0.2) is 35.6 Å². The maximum atomic E-state index is 11.5. The lowest BCUT2D eigenvalue weighted by Gasteiger charge is -2.10. The fourth-order valence-electron chi connectivity index (χ4n) is 1.86. The van der Waals surface area contributed by atoms with Gasteiger partial charge in [-0.05, 0) is 24.5 Å². The topological polar surface area (TPSA) is 42.9 Å². The van der Waals surface area contributed by atoms with Gasteiger partial charge in [-0.3, -0.25) is 4.21 Å². The number of nitrogens with zero attached hydrogens (tertiary/aromatic N) is 2. The van der Waals surface area contributed by atoms with E-state index < -0.39 is 10.8 Å². The molecule has 0 bridgehead atoms. The third-order valence-corrected chi connectivity index (χ3v) is 3.59. The van der Waals surface area contributed by atoms with Gasteiger partial charge in [-0.15, -0.1) is 0 Å². The van der Waals surface area contributed by atoms with E-state index in [4.69, 9.17) is 0 Å². The molecule has 1 aromatic heterocycles. The molecule has 0 saturated carbocycles. The van der Waals surface area contributed by atoms with Crippen molar-refractivity contribution < 1.29 is 4.21 Å². The zero-order valence-electron chi connectivity index (χ0n) is 12.8. The molecule has 1 unspecified atom stereocenters. The molecule has 2 aromatic rings. The van der Waals surface area contributed by atoms with Crippen LogP contribution in [-0.4, -0.2) is 20.4 Å². The molecule has 1 atom stereocenters. The van der Waals surface area contributed by atoms with Crippen molar-refractivity contribution in [1.29, 1.82) is 0 Å². The summed E-state index contributed by atoms with van der Waals surface area (Å²) >= 11 is 0. The fourth-order valence-corrected chi connectivity index (χ4v) is 2.28. The summed E-state index contributed by atoms with van der Waals surface area (Å²) < 4.78 is 11.5. The van der Waals surface area contributed by atoms with Crippen LogP contribution in [-0.2, 0) is 17.2 Å². The van der Waals surface area contributed by atoms with Crippen molar-refractivity contribution in [3.63, 3.8) is 0 Å². The summed E-state index contributed by atoms with van der Waals surface area (Å²) in [5.74, 6) is 0. The monoisotopic (exact) mass is 290 g/mol. The molecule has 2 rings (SSSR count). The standard InChI is InChI=1S/C14H16N2OS.C2H6/c1-4-11-9-15-14(18(3)17)16-13(11)12-8-6-5-7-10(12)2;1-2/h5-9H,4H2,1-3H3;1-2H3. The molecule has 4 heteroatoms. The van der Waals surface area contributed by atoms with E-state index >= 15 is 0 Å². The summed E-state index contributed by atoms with van der Waals surface area (Å²) in [6, 6.07) is 8.09. The average Bonchev–Trinajstić information content (AvgIpc) is 2.49. The lowest BCUT2D eigenvalue weighted by Crippen LogP contribution is -2.02. The van der Waals surface area contributed by atoms with Crippen LogP contribution >= 0.6 is 0 Å². The molecule has 0 aliphatic heterocycles. The maximum absolute atomic E-state index is 11.5. The molecule has 20 heavy (non-hydrogen) atoms. The minimum absolute atomic E-state index is 0.394. The molecule has 108 valence electrons. The Bertz CT molecular complexity index is 597. The number of aryl methyl sites for hydroxylation is 2. The van der Waals surface area contributed by atoms with Gasteiger partial charge < -0.3 is 0 Å². The summed E-state index contributed by atoms with van der Waals surface area (Å²) in [5, 5.41) is 0.394. The van der Waals surface area contributed by atoms with Crippen LogP contribution in [0.5, 0.6) is 0 Å². The summed E-state index contributed by atoms with van der Waals surface area (Å²) in [5.41, 5.74) is 4.23. The highest BCUT2D eigenvalue weighted by atomic mass is 32.2. The van der Waals surface area contributed by atoms with Gasteiger partial charge in [-0.1, -0.05) is 45.0 Å². The zero-order chi connectivity index (χ0) is 15.1. The predicted octanol–water partition coefficient (Wildman–Crippen LogP) is 3.78. The molecule has 0 amide bonds. The van der Waals surface area contributed by atoms with Gasteiger partial charge in [-0.25, -0.2) is 9.97 Å². The van der Waals surface area contributed by atoms with Crippen LogP contribution < -0.4 is 0 Å². The van der Waals surface area contributed by atoms with Crippen LogP contribution in [0, 0.1) is 6.92 Å². The summed E-state index contributed by atoms with van der Waals surface area (Å²) in [6.45, 7) is 8.13. The van der Waals surface area contributed by atoms with Gasteiger partial charge in [0.25, 0.3) is 0 Å². The van der Waals surface area contributed by atoms with Gasteiger partial charge in [0.05, 0.1) is 16.5 Å². The summed E-state index contributed by atoms with van der Waals surface area (Å²) in [4.78, 5) is 8.62. The normalized spacial score (nSPS) is 11.4. The number of aromatic nitrogens is 2. The van der Waals surface area contributed by atoms with Gasteiger partial charge in [-0.2, -0.15) is 0 Å². The first kappa shape index (κ1) is 16.5. The lowest BCUT2D eigenvalue weighted by atomic mass is 10.0. The minimum atomic E-state index is -1.15. The van der Waals surface area contributed by atoms with Crippen molar-refractivity contribution in [2.45, 2.75) is 39.3 Å². The third-order valence-electron chi connectivity index (χ3n) is 2.88. The largest absolute Gasteiger partial charge is 0.251 e. The van der Waals surface area contributed by atoms with E-state index in [0.717, 1.165) is 23.2 Å². The van der Waals surface area contributed by atoms with Crippen LogP contribution in [0.25, 0.3) is 11.3 Å². The highest BCUT2D eigenvalue weighted by Gasteiger charge is 2.11. The molecular formula is C16H22N2OS. The van der Waals surface area contributed by atoms with Gasteiger partial charge in [0, 0.05) is 18.0 Å². The summed E-state index contributed by atoms with van der Waals surface area (Å²) in [6.07, 6.45) is 4.24. The smallest absolute Gasteiger partial charge is 0.218 e. The van der Waals surface area contributed by atoms with Crippen LogP contribution in [0.3, 0.4) is 0 Å². The molecule has 0 spiro atoms. The molecule has 0 fully saturated rings. The number of hydrogen-bond acceptors (Lipinski definition) is 3. The Labute approximate surface area is 123 Å². The fraction of sp³-hybridized carbons (Fsp3) is 0.375. The molecule has 1 heterocycles. The van der Waals surface area contributed by atoms with Gasteiger partial charge in [0.15, 0.2) is 0 Å². The van der Waals surface area contributed by atoms with Crippen LogP contribution in [0.2, 0.25) is 0 Å². The molecule has 3 nitrogen and oxygen atoms in total. The molecule has 0 saturated heterocycles. The second kappa shape index (κ2) is 7.90. The van der Waals surface area contributed by atoms with E-state index in [0.29, 0.717) is 5.16 Å². The van der Waals surface area contributed by atoms with E-state index in [9.17, 15) is 4.21 Å². The van der Waals surface area contributed by atoms with E-state index in [2.05, 4.69) is 29.9 Å². The first-order chi connectivity index (χ1) is 9.63. The SMILES string of the molecule is CC.CCc1cnc(S(C)=O)nc1-c1ccccc1C. The molecule has 1 aromatic carbocycles. The Hall–Kier alpha value is -1.55. The predicted molar refractivity (Wildman–Crippen MR) is 85.3 cm³/mol. The van der Waals surface area contributed by atoms with Crippen molar-refractivity contribution in [2.24, 2.45) is 0 Å². The molecule has 0 aliphatic rings. The van der Waals surface area contributed by atoms with Gasteiger partial charge in [0.1, 0.15) is 0 Å². The molecule has 0 aliphatic carbocycles. The Morgan fingerprint density at radius 2 is 1.85 bits per heavy atom. The van der Waals surface area contributed by atoms with Crippen molar-refractivity contribution in [3.05, 3.63) is 41.6 Å². The maximum Gasteiger partial charge on any atom is 0.218 e. The quantitative estimate of drug-likeness (QED) is 0.808. The average molecular weight is 290 g/mol. The van der Waals surface area contributed by atoms with E-state index in [1.165, 1.54) is 5.56 Å². The Balaban J connectivity index is 0.000000956. The van der Waals surface area contributed by atoms with E-state index in [-0.39, 0.29) is 0 Å². The lowest BCUT2D eigenvalue weighted by molar-refractivity contribution is 0.679. The van der Waals surface area contributed by atoms with Gasteiger partial charge in [0.2, 0.25) is 5.16 Å². The van der Waals surface area contributed by atoms with Crippen LogP contribution in [0.1, 0.15) is 31.9 Å². The Morgan fingerprint density at radius 1 is 1.20 bits per heavy atom. The van der Waals surface area contributed by atoms with Crippen LogP contribution in [0.4, 0.5) is 0 Å². The first-order valence-electron chi connectivity index (χ1n) is 6.88. The minimum Gasteiger partial charge on any atom is -0.251 e. The third kappa shape index (κ3) is 3.73. The van der Waals surface area contributed by atoms with Crippen molar-refractivity contribution >= 4 is 10.8 Å². The zero-order valence-corrected chi connectivity index (χ0v) is 13.6. The number of rotatable bonds is 3. The van der Waals surface area contributed by atoms with E-state index in [1.54, 1.807) is 12.5 Å². The van der Waals surface area contributed by atoms with Gasteiger partial charge >= 0.3 is 0 Å². The highest BCUT2D eigenvalue weighted by Crippen LogP contribution is 2.25. The first-order valence-corrected chi connectivity index (χ1v) is 8.44. The van der Waals surface area contributed by atoms with E-state index in [1.807, 2.05) is 32.0 Å².